The van der Waals surface area contributed by atoms with Crippen LogP contribution in [0.25, 0.3) is 0 Å². The van der Waals surface area contributed by atoms with Gasteiger partial charge in [0.25, 0.3) is 0 Å². The topological polar surface area (TPSA) is 78.8 Å². The Hall–Kier alpha value is -0.650. The lowest BCUT2D eigenvalue weighted by molar-refractivity contribution is -0.146. The van der Waals surface area contributed by atoms with E-state index in [-0.39, 0.29) is 30.4 Å². The Labute approximate surface area is 110 Å². The summed E-state index contributed by atoms with van der Waals surface area (Å²) in [6.07, 6.45) is 1.74. The van der Waals surface area contributed by atoms with Crippen molar-refractivity contribution in [2.45, 2.75) is 64.6 Å². The molecule has 0 aromatic carbocycles. The fourth-order valence-corrected chi connectivity index (χ4v) is 2.54. The SMILES string of the molecule is CC1(C)CC(OCC(=O)O)CC(C)(C)N1.CCO. The highest BCUT2D eigenvalue weighted by molar-refractivity contribution is 5.68. The van der Waals surface area contributed by atoms with Gasteiger partial charge in [-0.15, -0.1) is 0 Å². The van der Waals surface area contributed by atoms with Crippen LogP contribution in [0.1, 0.15) is 47.5 Å². The molecule has 18 heavy (non-hydrogen) atoms. The molecule has 0 amide bonds. The van der Waals surface area contributed by atoms with Gasteiger partial charge in [-0.3, -0.25) is 0 Å². The molecule has 0 aromatic rings. The van der Waals surface area contributed by atoms with Crippen molar-refractivity contribution in [2.75, 3.05) is 13.2 Å². The Morgan fingerprint density at radius 3 is 2.00 bits per heavy atom. The van der Waals surface area contributed by atoms with Crippen LogP contribution < -0.4 is 5.32 Å². The Bertz CT molecular complexity index is 248. The van der Waals surface area contributed by atoms with E-state index in [1.54, 1.807) is 6.92 Å². The second kappa shape index (κ2) is 7.07. The van der Waals surface area contributed by atoms with E-state index in [0.717, 1.165) is 12.8 Å². The van der Waals surface area contributed by atoms with Gasteiger partial charge in [0, 0.05) is 17.7 Å². The normalized spacial score (nSPS) is 21.9. The second-order valence-corrected chi connectivity index (χ2v) is 5.94. The third-order valence-corrected chi connectivity index (χ3v) is 2.60. The molecular formula is C13H27NO4. The van der Waals surface area contributed by atoms with Crippen LogP contribution in [-0.2, 0) is 9.53 Å². The van der Waals surface area contributed by atoms with Crippen LogP contribution in [0.15, 0.2) is 0 Å². The predicted octanol–water partition coefficient (Wildman–Crippen LogP) is 1.40. The number of piperidine rings is 1. The Kier molecular flexibility index (Phi) is 6.81. The van der Waals surface area contributed by atoms with Gasteiger partial charge in [-0.2, -0.15) is 0 Å². The molecule has 0 radical (unpaired) electrons. The van der Waals surface area contributed by atoms with Crippen LogP contribution in [0.5, 0.6) is 0 Å². The minimum Gasteiger partial charge on any atom is -0.480 e. The zero-order valence-electron chi connectivity index (χ0n) is 12.1. The van der Waals surface area contributed by atoms with Gasteiger partial charge in [-0.25, -0.2) is 4.79 Å². The molecular weight excluding hydrogens is 234 g/mol. The molecule has 5 nitrogen and oxygen atoms in total. The monoisotopic (exact) mass is 261 g/mol. The third-order valence-electron chi connectivity index (χ3n) is 2.60. The summed E-state index contributed by atoms with van der Waals surface area (Å²) >= 11 is 0. The van der Waals surface area contributed by atoms with E-state index in [0.29, 0.717) is 0 Å². The second-order valence-electron chi connectivity index (χ2n) is 5.94. The molecule has 1 saturated heterocycles. The number of ether oxygens (including phenoxy) is 1. The summed E-state index contributed by atoms with van der Waals surface area (Å²) in [6, 6.07) is 0. The highest BCUT2D eigenvalue weighted by atomic mass is 16.5. The van der Waals surface area contributed by atoms with Crippen molar-refractivity contribution < 1.29 is 19.7 Å². The number of rotatable bonds is 3. The Balaban J connectivity index is 0.000000873. The Morgan fingerprint density at radius 1 is 1.28 bits per heavy atom. The number of carboxylic acids is 1. The average molecular weight is 261 g/mol. The molecule has 0 spiro atoms. The number of carbonyl (C=O) groups is 1. The summed E-state index contributed by atoms with van der Waals surface area (Å²) in [6.45, 7) is 10.2. The van der Waals surface area contributed by atoms with Gasteiger partial charge < -0.3 is 20.3 Å². The van der Waals surface area contributed by atoms with Crippen LogP contribution in [0, 0.1) is 0 Å². The lowest BCUT2D eigenvalue weighted by atomic mass is 9.81. The van der Waals surface area contributed by atoms with Crippen molar-refractivity contribution in [1.29, 1.82) is 0 Å². The first-order valence-electron chi connectivity index (χ1n) is 6.35. The largest absolute Gasteiger partial charge is 0.480 e. The summed E-state index contributed by atoms with van der Waals surface area (Å²) in [5.41, 5.74) is 0.00976. The van der Waals surface area contributed by atoms with Gasteiger partial charge in [-0.05, 0) is 47.5 Å². The number of nitrogens with one attached hydrogen (secondary N) is 1. The van der Waals surface area contributed by atoms with E-state index in [1.165, 1.54) is 0 Å². The lowest BCUT2D eigenvalue weighted by Crippen LogP contribution is -2.59. The lowest BCUT2D eigenvalue weighted by Gasteiger charge is -2.46. The van der Waals surface area contributed by atoms with E-state index in [9.17, 15) is 4.79 Å². The average Bonchev–Trinajstić information content (AvgIpc) is 2.11. The Morgan fingerprint density at radius 2 is 1.67 bits per heavy atom. The standard InChI is InChI=1S/C11H21NO3.C2H6O/c1-10(2)5-8(15-7-9(13)14)6-11(3,4)12-10;1-2-3/h8,12H,5-7H2,1-4H3,(H,13,14);3H,2H2,1H3. The summed E-state index contributed by atoms with van der Waals surface area (Å²) in [5, 5.41) is 19.7. The number of hydrogen-bond donors (Lipinski definition) is 3. The molecule has 0 saturated carbocycles. The van der Waals surface area contributed by atoms with Gasteiger partial charge in [0.05, 0.1) is 6.10 Å². The van der Waals surface area contributed by atoms with Crippen molar-refractivity contribution in [3.8, 4) is 0 Å². The molecule has 0 aromatic heterocycles. The maximum atomic E-state index is 10.4. The molecule has 1 aliphatic rings. The van der Waals surface area contributed by atoms with E-state index in [1.807, 2.05) is 0 Å². The quantitative estimate of drug-likeness (QED) is 0.715. The third kappa shape index (κ3) is 7.63. The van der Waals surface area contributed by atoms with Gasteiger partial charge in [0.15, 0.2) is 0 Å². The molecule has 0 aliphatic carbocycles. The van der Waals surface area contributed by atoms with Crippen molar-refractivity contribution in [3.63, 3.8) is 0 Å². The molecule has 1 aliphatic heterocycles. The molecule has 5 heteroatoms. The van der Waals surface area contributed by atoms with E-state index < -0.39 is 5.97 Å². The minimum atomic E-state index is -0.899. The smallest absolute Gasteiger partial charge is 0.329 e. The predicted molar refractivity (Wildman–Crippen MR) is 70.7 cm³/mol. The van der Waals surface area contributed by atoms with E-state index in [4.69, 9.17) is 14.9 Å². The van der Waals surface area contributed by atoms with Crippen molar-refractivity contribution in [3.05, 3.63) is 0 Å². The van der Waals surface area contributed by atoms with Crippen molar-refractivity contribution >= 4 is 5.97 Å². The molecule has 0 atom stereocenters. The molecule has 108 valence electrons. The fraction of sp³-hybridized carbons (Fsp3) is 0.923. The van der Waals surface area contributed by atoms with Crippen molar-refractivity contribution in [1.82, 2.24) is 5.32 Å². The van der Waals surface area contributed by atoms with E-state index >= 15 is 0 Å². The van der Waals surface area contributed by atoms with Crippen LogP contribution in [0.3, 0.4) is 0 Å². The minimum absolute atomic E-state index is 0.00488. The first-order chi connectivity index (χ1) is 8.12. The molecule has 1 heterocycles. The number of aliphatic hydroxyl groups excluding tert-OH is 1. The summed E-state index contributed by atoms with van der Waals surface area (Å²) in [7, 11) is 0. The molecule has 1 rings (SSSR count). The first kappa shape index (κ1) is 17.4. The summed E-state index contributed by atoms with van der Waals surface area (Å²) in [4.78, 5) is 10.4. The van der Waals surface area contributed by atoms with Gasteiger partial charge in [-0.1, -0.05) is 0 Å². The van der Waals surface area contributed by atoms with Crippen molar-refractivity contribution in [2.24, 2.45) is 0 Å². The van der Waals surface area contributed by atoms with Crippen LogP contribution in [0.4, 0.5) is 0 Å². The van der Waals surface area contributed by atoms with Gasteiger partial charge >= 0.3 is 5.97 Å². The van der Waals surface area contributed by atoms with Gasteiger partial charge in [0.2, 0.25) is 0 Å². The van der Waals surface area contributed by atoms with Crippen LogP contribution >= 0.6 is 0 Å². The summed E-state index contributed by atoms with van der Waals surface area (Å²) in [5.74, 6) is -0.899. The van der Waals surface area contributed by atoms with E-state index in [2.05, 4.69) is 33.0 Å². The first-order valence-corrected chi connectivity index (χ1v) is 6.35. The molecule has 0 unspecified atom stereocenters. The molecule has 1 fully saturated rings. The maximum absolute atomic E-state index is 10.4. The van der Waals surface area contributed by atoms with Crippen LogP contribution in [-0.4, -0.2) is 46.6 Å². The highest BCUT2D eigenvalue weighted by Gasteiger charge is 2.38. The molecule has 3 N–H and O–H groups in total. The zero-order chi connectivity index (χ0) is 14.4. The highest BCUT2D eigenvalue weighted by Crippen LogP contribution is 2.30. The zero-order valence-corrected chi connectivity index (χ0v) is 12.1. The molecule has 0 bridgehead atoms. The maximum Gasteiger partial charge on any atom is 0.329 e. The number of aliphatic hydroxyl groups is 1. The van der Waals surface area contributed by atoms with Gasteiger partial charge in [0.1, 0.15) is 6.61 Å². The number of aliphatic carboxylic acids is 1. The van der Waals surface area contributed by atoms with Crippen LogP contribution in [0.2, 0.25) is 0 Å². The fourth-order valence-electron chi connectivity index (χ4n) is 2.54. The number of carboxylic acid groups (broad SMARTS) is 1. The number of hydrogen-bond acceptors (Lipinski definition) is 4. The summed E-state index contributed by atoms with van der Waals surface area (Å²) < 4.78 is 5.38.